The van der Waals surface area contributed by atoms with Crippen molar-refractivity contribution in [2.24, 2.45) is 0 Å². The fourth-order valence-corrected chi connectivity index (χ4v) is 4.16. The van der Waals surface area contributed by atoms with Gasteiger partial charge in [-0.15, -0.1) is 11.3 Å². The zero-order chi connectivity index (χ0) is 14.7. The summed E-state index contributed by atoms with van der Waals surface area (Å²) in [6.07, 6.45) is 5.22. The fourth-order valence-electron chi connectivity index (χ4n) is 2.90. The lowest BCUT2D eigenvalue weighted by atomic mass is 9.99. The van der Waals surface area contributed by atoms with E-state index < -0.39 is 0 Å². The highest BCUT2D eigenvalue weighted by Crippen LogP contribution is 2.35. The summed E-state index contributed by atoms with van der Waals surface area (Å²) >= 11 is 1.98. The quantitative estimate of drug-likeness (QED) is 0.819. The van der Waals surface area contributed by atoms with Crippen LogP contribution < -0.4 is 10.1 Å². The van der Waals surface area contributed by atoms with Crippen molar-refractivity contribution in [1.82, 2.24) is 0 Å². The average Bonchev–Trinajstić information content (AvgIpc) is 2.93. The number of hydrogen-bond acceptors (Lipinski definition) is 3. The molecule has 112 valence electrons. The van der Waals surface area contributed by atoms with Crippen molar-refractivity contribution in [3.8, 4) is 5.75 Å². The number of hydrogen-bond donors (Lipinski definition) is 1. The highest BCUT2D eigenvalue weighted by Gasteiger charge is 2.17. The number of fused-ring (bicyclic) bond motifs is 1. The first-order chi connectivity index (χ1) is 10.3. The van der Waals surface area contributed by atoms with Crippen LogP contribution in [0.15, 0.2) is 30.3 Å². The van der Waals surface area contributed by atoms with Gasteiger partial charge in [0.25, 0.3) is 0 Å². The van der Waals surface area contributed by atoms with E-state index in [1.807, 2.05) is 30.4 Å². The molecule has 0 bridgehead atoms. The van der Waals surface area contributed by atoms with Crippen LogP contribution in [-0.2, 0) is 12.8 Å². The molecular weight excluding hydrogens is 278 g/mol. The number of para-hydroxylation sites is 2. The molecule has 1 atom stereocenters. The molecule has 0 saturated carbocycles. The average molecular weight is 301 g/mol. The summed E-state index contributed by atoms with van der Waals surface area (Å²) < 4.78 is 5.70. The molecule has 3 rings (SSSR count). The number of rotatable bonds is 5. The Labute approximate surface area is 131 Å². The summed E-state index contributed by atoms with van der Waals surface area (Å²) in [6, 6.07) is 10.9. The van der Waals surface area contributed by atoms with E-state index in [1.54, 1.807) is 10.4 Å². The summed E-state index contributed by atoms with van der Waals surface area (Å²) in [5, 5.41) is 3.61. The van der Waals surface area contributed by atoms with E-state index in [0.717, 1.165) is 11.4 Å². The van der Waals surface area contributed by atoms with Gasteiger partial charge in [-0.3, -0.25) is 0 Å². The SMILES string of the molecule is CCOc1ccccc1NC(C)c1cc2c(s1)CCCC2. The summed E-state index contributed by atoms with van der Waals surface area (Å²) in [7, 11) is 0. The van der Waals surface area contributed by atoms with Crippen LogP contribution in [0, 0.1) is 0 Å². The summed E-state index contributed by atoms with van der Waals surface area (Å²) in [6.45, 7) is 4.95. The van der Waals surface area contributed by atoms with E-state index in [9.17, 15) is 0 Å². The van der Waals surface area contributed by atoms with Gasteiger partial charge in [-0.25, -0.2) is 0 Å². The minimum absolute atomic E-state index is 0.321. The first-order valence-electron chi connectivity index (χ1n) is 7.87. The van der Waals surface area contributed by atoms with Crippen molar-refractivity contribution in [3.63, 3.8) is 0 Å². The predicted molar refractivity (Wildman–Crippen MR) is 90.6 cm³/mol. The normalized spacial score (nSPS) is 15.3. The molecule has 1 N–H and O–H groups in total. The van der Waals surface area contributed by atoms with Crippen molar-refractivity contribution < 1.29 is 4.74 Å². The number of benzene rings is 1. The Balaban J connectivity index is 1.77. The molecule has 1 aromatic carbocycles. The van der Waals surface area contributed by atoms with Crippen LogP contribution in [0.25, 0.3) is 0 Å². The number of aryl methyl sites for hydroxylation is 2. The van der Waals surface area contributed by atoms with E-state index in [4.69, 9.17) is 4.74 Å². The smallest absolute Gasteiger partial charge is 0.142 e. The van der Waals surface area contributed by atoms with Crippen molar-refractivity contribution >= 4 is 17.0 Å². The van der Waals surface area contributed by atoms with Gasteiger partial charge in [0, 0.05) is 9.75 Å². The molecule has 1 heterocycles. The maximum absolute atomic E-state index is 5.70. The molecule has 1 aliphatic rings. The Morgan fingerprint density at radius 2 is 2.05 bits per heavy atom. The Morgan fingerprint density at radius 3 is 2.86 bits per heavy atom. The van der Waals surface area contributed by atoms with Crippen LogP contribution in [-0.4, -0.2) is 6.61 Å². The topological polar surface area (TPSA) is 21.3 Å². The van der Waals surface area contributed by atoms with Crippen LogP contribution in [0.1, 0.15) is 48.0 Å². The summed E-state index contributed by atoms with van der Waals surface area (Å²) in [5.74, 6) is 0.938. The van der Waals surface area contributed by atoms with E-state index >= 15 is 0 Å². The van der Waals surface area contributed by atoms with Gasteiger partial charge in [0.05, 0.1) is 18.3 Å². The Hall–Kier alpha value is -1.48. The molecular formula is C18H23NOS. The van der Waals surface area contributed by atoms with E-state index in [-0.39, 0.29) is 0 Å². The van der Waals surface area contributed by atoms with Crippen LogP contribution in [0.3, 0.4) is 0 Å². The summed E-state index contributed by atoms with van der Waals surface area (Å²) in [4.78, 5) is 3.04. The first kappa shape index (κ1) is 14.5. The molecule has 2 aromatic rings. The number of ether oxygens (including phenoxy) is 1. The van der Waals surface area contributed by atoms with Gasteiger partial charge in [0.15, 0.2) is 0 Å². The highest BCUT2D eigenvalue weighted by atomic mass is 32.1. The second-order valence-corrected chi connectivity index (χ2v) is 6.77. The number of thiophene rings is 1. The minimum Gasteiger partial charge on any atom is -0.492 e. The zero-order valence-corrected chi connectivity index (χ0v) is 13.6. The third-order valence-corrected chi connectivity index (χ3v) is 5.42. The van der Waals surface area contributed by atoms with Crippen molar-refractivity contribution in [2.75, 3.05) is 11.9 Å². The monoisotopic (exact) mass is 301 g/mol. The molecule has 1 aromatic heterocycles. The van der Waals surface area contributed by atoms with Crippen LogP contribution in [0.2, 0.25) is 0 Å². The number of nitrogens with one attached hydrogen (secondary N) is 1. The third-order valence-electron chi connectivity index (χ3n) is 4.00. The molecule has 1 unspecified atom stereocenters. The molecule has 21 heavy (non-hydrogen) atoms. The van der Waals surface area contributed by atoms with Crippen LogP contribution in [0.5, 0.6) is 5.75 Å². The lowest BCUT2D eigenvalue weighted by molar-refractivity contribution is 0.341. The molecule has 3 heteroatoms. The van der Waals surface area contributed by atoms with Gasteiger partial charge in [0.2, 0.25) is 0 Å². The molecule has 0 aliphatic heterocycles. The molecule has 0 spiro atoms. The molecule has 0 radical (unpaired) electrons. The lowest BCUT2D eigenvalue weighted by Crippen LogP contribution is -2.06. The third kappa shape index (κ3) is 3.24. The van der Waals surface area contributed by atoms with Crippen LogP contribution in [0.4, 0.5) is 5.69 Å². The Bertz CT molecular complexity index is 582. The zero-order valence-electron chi connectivity index (χ0n) is 12.8. The molecule has 1 aliphatic carbocycles. The van der Waals surface area contributed by atoms with E-state index in [1.165, 1.54) is 30.6 Å². The van der Waals surface area contributed by atoms with Gasteiger partial charge in [-0.1, -0.05) is 12.1 Å². The van der Waals surface area contributed by atoms with Crippen molar-refractivity contribution in [2.45, 2.75) is 45.6 Å². The second kappa shape index (κ2) is 6.52. The lowest BCUT2D eigenvalue weighted by Gasteiger charge is -2.17. The molecule has 0 saturated heterocycles. The molecule has 0 amide bonds. The van der Waals surface area contributed by atoms with Crippen LogP contribution >= 0.6 is 11.3 Å². The van der Waals surface area contributed by atoms with Gasteiger partial charge in [-0.2, -0.15) is 0 Å². The molecule has 2 nitrogen and oxygen atoms in total. The number of anilines is 1. The van der Waals surface area contributed by atoms with Gasteiger partial charge >= 0.3 is 0 Å². The van der Waals surface area contributed by atoms with E-state index in [0.29, 0.717) is 12.6 Å². The Morgan fingerprint density at radius 1 is 1.24 bits per heavy atom. The second-order valence-electron chi connectivity index (χ2n) is 5.60. The van der Waals surface area contributed by atoms with Gasteiger partial charge in [-0.05, 0) is 63.3 Å². The maximum Gasteiger partial charge on any atom is 0.142 e. The highest BCUT2D eigenvalue weighted by molar-refractivity contribution is 7.12. The predicted octanol–water partition coefficient (Wildman–Crippen LogP) is 5.20. The Kier molecular flexibility index (Phi) is 4.49. The maximum atomic E-state index is 5.70. The van der Waals surface area contributed by atoms with Crippen molar-refractivity contribution in [3.05, 3.63) is 45.6 Å². The van der Waals surface area contributed by atoms with Gasteiger partial charge < -0.3 is 10.1 Å². The molecule has 0 fully saturated rings. The fraction of sp³-hybridized carbons (Fsp3) is 0.444. The van der Waals surface area contributed by atoms with E-state index in [2.05, 4.69) is 30.4 Å². The van der Waals surface area contributed by atoms with Crippen molar-refractivity contribution in [1.29, 1.82) is 0 Å². The van der Waals surface area contributed by atoms with Gasteiger partial charge in [0.1, 0.15) is 5.75 Å². The first-order valence-corrected chi connectivity index (χ1v) is 8.69. The minimum atomic E-state index is 0.321. The standard InChI is InChI=1S/C18H23NOS/c1-3-20-16-10-6-5-9-15(16)19-13(2)18-12-14-8-4-7-11-17(14)21-18/h5-6,9-10,12-13,19H,3-4,7-8,11H2,1-2H3. The largest absolute Gasteiger partial charge is 0.492 e. The summed E-state index contributed by atoms with van der Waals surface area (Å²) in [5.41, 5.74) is 2.66.